The van der Waals surface area contributed by atoms with Gasteiger partial charge in [-0.3, -0.25) is 10.1 Å². The number of anilines is 1. The van der Waals surface area contributed by atoms with Gasteiger partial charge in [0.05, 0.1) is 17.6 Å². The van der Waals surface area contributed by atoms with Crippen LogP contribution in [0.15, 0.2) is 18.2 Å². The van der Waals surface area contributed by atoms with Gasteiger partial charge in [0.1, 0.15) is 5.75 Å². The van der Waals surface area contributed by atoms with Crippen LogP contribution in [-0.2, 0) is 0 Å². The van der Waals surface area contributed by atoms with E-state index in [0.717, 1.165) is 12.2 Å². The van der Waals surface area contributed by atoms with Crippen molar-refractivity contribution in [3.8, 4) is 5.75 Å². The number of benzene rings is 1. The third kappa shape index (κ3) is 4.03. The fraction of sp³-hybridized carbons (Fsp3) is 0.600. The van der Waals surface area contributed by atoms with Gasteiger partial charge in [-0.1, -0.05) is 12.8 Å². The number of thioether (sulfide) groups is 1. The smallest absolute Gasteiger partial charge is 0.275 e. The summed E-state index contributed by atoms with van der Waals surface area (Å²) in [4.78, 5) is 10.6. The third-order valence-corrected chi connectivity index (χ3v) is 5.39. The average Bonchev–Trinajstić information content (AvgIpc) is 2.95. The van der Waals surface area contributed by atoms with E-state index in [0.29, 0.717) is 12.4 Å². The van der Waals surface area contributed by atoms with Gasteiger partial charge in [-0.05, 0) is 26.0 Å². The zero-order chi connectivity index (χ0) is 15.3. The lowest BCUT2D eigenvalue weighted by Gasteiger charge is -2.27. The molecule has 1 aliphatic rings. The summed E-state index contributed by atoms with van der Waals surface area (Å²) in [7, 11) is 0. The molecule has 0 atom stereocenters. The Kier molecular flexibility index (Phi) is 5.33. The molecule has 6 heteroatoms. The molecule has 1 aromatic carbocycles. The van der Waals surface area contributed by atoms with Crippen LogP contribution in [0.3, 0.4) is 0 Å². The van der Waals surface area contributed by atoms with Gasteiger partial charge < -0.3 is 10.1 Å². The maximum atomic E-state index is 11.0. The summed E-state index contributed by atoms with van der Waals surface area (Å²) in [6, 6.07) is 4.87. The maximum Gasteiger partial charge on any atom is 0.275 e. The number of hydrogen-bond acceptors (Lipinski definition) is 5. The summed E-state index contributed by atoms with van der Waals surface area (Å²) in [5.74, 6) is 0.541. The Balaban J connectivity index is 2.12. The van der Waals surface area contributed by atoms with Crippen molar-refractivity contribution in [3.05, 3.63) is 28.3 Å². The van der Waals surface area contributed by atoms with Crippen molar-refractivity contribution < 1.29 is 9.66 Å². The van der Waals surface area contributed by atoms with Crippen LogP contribution >= 0.6 is 11.8 Å². The number of hydrogen-bond donors (Lipinski definition) is 1. The van der Waals surface area contributed by atoms with Gasteiger partial charge in [0.15, 0.2) is 0 Å². The fourth-order valence-corrected chi connectivity index (χ4v) is 3.69. The Morgan fingerprint density at radius 1 is 1.38 bits per heavy atom. The van der Waals surface area contributed by atoms with Crippen molar-refractivity contribution >= 4 is 23.1 Å². The summed E-state index contributed by atoms with van der Waals surface area (Å²) < 4.78 is 5.67. The van der Waals surface area contributed by atoms with E-state index in [-0.39, 0.29) is 15.4 Å². The molecule has 1 aliphatic carbocycles. The van der Waals surface area contributed by atoms with Gasteiger partial charge in [-0.2, -0.15) is 11.8 Å². The predicted molar refractivity (Wildman–Crippen MR) is 87.5 cm³/mol. The molecule has 0 saturated heterocycles. The molecule has 5 nitrogen and oxygen atoms in total. The highest BCUT2D eigenvalue weighted by Gasteiger charge is 2.32. The van der Waals surface area contributed by atoms with E-state index in [2.05, 4.69) is 11.6 Å². The largest absolute Gasteiger partial charge is 0.494 e. The highest BCUT2D eigenvalue weighted by molar-refractivity contribution is 8.00. The zero-order valence-electron chi connectivity index (χ0n) is 12.6. The lowest BCUT2D eigenvalue weighted by molar-refractivity contribution is -0.384. The second-order valence-electron chi connectivity index (χ2n) is 5.35. The number of nitrogens with zero attached hydrogens (tertiary/aromatic N) is 1. The van der Waals surface area contributed by atoms with Crippen molar-refractivity contribution in [3.63, 3.8) is 0 Å². The van der Waals surface area contributed by atoms with Gasteiger partial charge >= 0.3 is 0 Å². The summed E-state index contributed by atoms with van der Waals surface area (Å²) in [6.07, 6.45) is 7.08. The summed E-state index contributed by atoms with van der Waals surface area (Å²) >= 11 is 1.90. The minimum Gasteiger partial charge on any atom is -0.494 e. The highest BCUT2D eigenvalue weighted by Crippen LogP contribution is 2.40. The van der Waals surface area contributed by atoms with Crippen molar-refractivity contribution in [2.75, 3.05) is 24.7 Å². The van der Waals surface area contributed by atoms with Crippen LogP contribution in [-0.4, -0.2) is 29.1 Å². The van der Waals surface area contributed by atoms with E-state index in [9.17, 15) is 10.1 Å². The van der Waals surface area contributed by atoms with Crippen LogP contribution in [0.5, 0.6) is 5.75 Å². The molecular weight excluding hydrogens is 288 g/mol. The van der Waals surface area contributed by atoms with Crippen LogP contribution in [0.2, 0.25) is 0 Å². The van der Waals surface area contributed by atoms with Crippen molar-refractivity contribution in [1.29, 1.82) is 0 Å². The molecule has 0 spiro atoms. The van der Waals surface area contributed by atoms with Crippen LogP contribution < -0.4 is 10.1 Å². The molecule has 21 heavy (non-hydrogen) atoms. The van der Waals surface area contributed by atoms with Gasteiger partial charge in [-0.25, -0.2) is 0 Å². The molecule has 0 bridgehead atoms. The number of nitrogens with one attached hydrogen (secondary N) is 1. The number of nitro groups is 1. The van der Waals surface area contributed by atoms with Crippen molar-refractivity contribution in [1.82, 2.24) is 0 Å². The number of ether oxygens (including phenoxy) is 1. The van der Waals surface area contributed by atoms with E-state index >= 15 is 0 Å². The van der Waals surface area contributed by atoms with Gasteiger partial charge in [0.2, 0.25) is 0 Å². The summed E-state index contributed by atoms with van der Waals surface area (Å²) in [6.45, 7) is 3.20. The molecule has 2 rings (SSSR count). The van der Waals surface area contributed by atoms with Crippen LogP contribution in [0.1, 0.15) is 32.6 Å². The molecule has 116 valence electrons. The first kappa shape index (κ1) is 15.9. The molecule has 0 amide bonds. The van der Waals surface area contributed by atoms with Crippen molar-refractivity contribution in [2.45, 2.75) is 37.4 Å². The van der Waals surface area contributed by atoms with Gasteiger partial charge in [0, 0.05) is 29.1 Å². The number of non-ortho nitro benzene ring substituents is 1. The molecule has 1 N–H and O–H groups in total. The molecular formula is C15H22N2O3S. The quantitative estimate of drug-likeness (QED) is 0.607. The topological polar surface area (TPSA) is 64.4 Å². The van der Waals surface area contributed by atoms with E-state index in [1.165, 1.54) is 31.7 Å². The summed E-state index contributed by atoms with van der Waals surface area (Å²) in [5.41, 5.74) is 0.820. The lowest BCUT2D eigenvalue weighted by Crippen LogP contribution is -2.30. The zero-order valence-corrected chi connectivity index (χ0v) is 13.4. The SMILES string of the molecule is CCOc1cc(NCC2(SC)CCCC2)cc([N+](=O)[O-])c1. The van der Waals surface area contributed by atoms with E-state index < -0.39 is 0 Å². The minimum absolute atomic E-state index is 0.0630. The minimum atomic E-state index is -0.381. The van der Waals surface area contributed by atoms with Gasteiger partial charge in [0.25, 0.3) is 5.69 Å². The monoisotopic (exact) mass is 310 g/mol. The van der Waals surface area contributed by atoms with Crippen LogP contribution in [0.4, 0.5) is 11.4 Å². The van der Waals surface area contributed by atoms with Gasteiger partial charge in [-0.15, -0.1) is 0 Å². The summed E-state index contributed by atoms with van der Waals surface area (Å²) in [5, 5.41) is 14.4. The molecule has 1 aromatic rings. The number of nitro benzene ring substituents is 1. The Labute approximate surface area is 129 Å². The normalized spacial score (nSPS) is 16.7. The second kappa shape index (κ2) is 7.02. The predicted octanol–water partition coefficient (Wildman–Crippen LogP) is 4.08. The average molecular weight is 310 g/mol. The Morgan fingerprint density at radius 2 is 2.10 bits per heavy atom. The molecule has 1 fully saturated rings. The second-order valence-corrected chi connectivity index (χ2v) is 6.63. The molecule has 0 aromatic heterocycles. The molecule has 0 heterocycles. The Bertz CT molecular complexity index is 502. The Hall–Kier alpha value is -1.43. The first-order chi connectivity index (χ1) is 10.1. The van der Waals surface area contributed by atoms with Crippen LogP contribution in [0.25, 0.3) is 0 Å². The van der Waals surface area contributed by atoms with Crippen molar-refractivity contribution in [2.24, 2.45) is 0 Å². The standard InChI is InChI=1S/C15H22N2O3S/c1-3-20-14-9-12(8-13(10-14)17(18)19)16-11-15(21-2)6-4-5-7-15/h8-10,16H,3-7,11H2,1-2H3. The lowest BCUT2D eigenvalue weighted by atomic mass is 10.1. The molecule has 0 radical (unpaired) electrons. The number of rotatable bonds is 7. The molecule has 0 unspecified atom stereocenters. The fourth-order valence-electron chi connectivity index (χ4n) is 2.78. The third-order valence-electron chi connectivity index (χ3n) is 3.98. The van der Waals surface area contributed by atoms with E-state index in [1.54, 1.807) is 6.07 Å². The highest BCUT2D eigenvalue weighted by atomic mass is 32.2. The van der Waals surface area contributed by atoms with Crippen LogP contribution in [0, 0.1) is 10.1 Å². The van der Waals surface area contributed by atoms with E-state index in [4.69, 9.17) is 4.74 Å². The Morgan fingerprint density at radius 3 is 2.67 bits per heavy atom. The van der Waals surface area contributed by atoms with E-state index in [1.807, 2.05) is 24.8 Å². The molecule has 0 aliphatic heterocycles. The molecule has 1 saturated carbocycles. The first-order valence-electron chi connectivity index (χ1n) is 7.30. The first-order valence-corrected chi connectivity index (χ1v) is 8.52. The maximum absolute atomic E-state index is 11.0.